The zero-order valence-electron chi connectivity index (χ0n) is 16.8. The van der Waals surface area contributed by atoms with E-state index >= 15 is 0 Å². The van der Waals surface area contributed by atoms with Gasteiger partial charge in [0.15, 0.2) is 5.43 Å². The Labute approximate surface area is 178 Å². The summed E-state index contributed by atoms with van der Waals surface area (Å²) in [7, 11) is 0. The van der Waals surface area contributed by atoms with Crippen molar-refractivity contribution >= 4 is 28.5 Å². The number of hydrogen-bond donors (Lipinski definition) is 1. The number of carbonyl (C=O) groups is 1. The highest BCUT2D eigenvalue weighted by Crippen LogP contribution is 2.38. The largest absolute Gasteiger partial charge is 0.494 e. The lowest BCUT2D eigenvalue weighted by Crippen LogP contribution is -2.32. The van der Waals surface area contributed by atoms with E-state index in [4.69, 9.17) is 20.8 Å². The van der Waals surface area contributed by atoms with E-state index in [1.165, 1.54) is 4.90 Å². The standard InChI is InChI=1S/C23H22ClNO5/c1-3-10-29-15-6-4-14(5-7-15)20-19-21(27)16-12-17(24)13(2)11-18(16)30-22(19)23(28)25(20)8-9-26/h4-7,11-12,20,26H,3,8-10H2,1-2H3. The molecule has 1 amide bonds. The number of rotatable bonds is 6. The molecule has 1 aromatic heterocycles. The van der Waals surface area contributed by atoms with Crippen molar-refractivity contribution in [3.05, 3.63) is 74.1 Å². The molecule has 0 aliphatic carbocycles. The van der Waals surface area contributed by atoms with Crippen molar-refractivity contribution in [1.29, 1.82) is 0 Å². The molecule has 0 fully saturated rings. The first-order chi connectivity index (χ1) is 14.5. The minimum atomic E-state index is -0.652. The van der Waals surface area contributed by atoms with Gasteiger partial charge in [0, 0.05) is 11.6 Å². The Morgan fingerprint density at radius 3 is 2.60 bits per heavy atom. The SMILES string of the molecule is CCCOc1ccc(C2c3c(oc4cc(C)c(Cl)cc4c3=O)C(=O)N2CCO)cc1. The topological polar surface area (TPSA) is 80.0 Å². The lowest BCUT2D eigenvalue weighted by molar-refractivity contribution is 0.0691. The molecule has 0 saturated heterocycles. The summed E-state index contributed by atoms with van der Waals surface area (Å²) in [6.07, 6.45) is 0.896. The minimum absolute atomic E-state index is 0.0129. The van der Waals surface area contributed by atoms with Crippen LogP contribution in [0.1, 0.15) is 46.6 Å². The highest BCUT2D eigenvalue weighted by Gasteiger charge is 2.42. The molecule has 30 heavy (non-hydrogen) atoms. The number of hydrogen-bond acceptors (Lipinski definition) is 5. The van der Waals surface area contributed by atoms with Crippen LogP contribution in [0, 0.1) is 6.92 Å². The maximum absolute atomic E-state index is 13.4. The molecule has 0 bridgehead atoms. The summed E-state index contributed by atoms with van der Waals surface area (Å²) in [5, 5.41) is 10.3. The number of ether oxygens (including phenoxy) is 1. The first kappa shape index (κ1) is 20.4. The molecule has 0 saturated carbocycles. The van der Waals surface area contributed by atoms with Crippen molar-refractivity contribution < 1.29 is 19.1 Å². The second kappa shape index (κ2) is 8.13. The Hall–Kier alpha value is -2.83. The summed E-state index contributed by atoms with van der Waals surface area (Å²) >= 11 is 6.23. The molecule has 0 radical (unpaired) electrons. The molecule has 156 valence electrons. The monoisotopic (exact) mass is 427 g/mol. The average molecular weight is 428 g/mol. The van der Waals surface area contributed by atoms with Gasteiger partial charge in [-0.05, 0) is 48.7 Å². The Kier molecular flexibility index (Phi) is 5.54. The van der Waals surface area contributed by atoms with Crippen LogP contribution in [0.4, 0.5) is 0 Å². The van der Waals surface area contributed by atoms with Crippen LogP contribution < -0.4 is 10.2 Å². The van der Waals surface area contributed by atoms with Gasteiger partial charge in [0.2, 0.25) is 5.76 Å². The van der Waals surface area contributed by atoms with E-state index in [0.29, 0.717) is 28.3 Å². The fourth-order valence-electron chi connectivity index (χ4n) is 3.79. The molecule has 6 nitrogen and oxygen atoms in total. The smallest absolute Gasteiger partial charge is 0.290 e. The van der Waals surface area contributed by atoms with Gasteiger partial charge in [0.1, 0.15) is 11.3 Å². The van der Waals surface area contributed by atoms with Crippen LogP contribution in [0.25, 0.3) is 11.0 Å². The summed E-state index contributed by atoms with van der Waals surface area (Å²) in [6, 6.07) is 9.87. The number of benzene rings is 2. The van der Waals surface area contributed by atoms with Gasteiger partial charge < -0.3 is 19.2 Å². The highest BCUT2D eigenvalue weighted by atomic mass is 35.5. The predicted octanol–water partition coefficient (Wildman–Crippen LogP) is 4.08. The van der Waals surface area contributed by atoms with Gasteiger partial charge in [0.05, 0.1) is 30.2 Å². The lowest BCUT2D eigenvalue weighted by Gasteiger charge is -2.24. The summed E-state index contributed by atoms with van der Waals surface area (Å²) in [5.74, 6) is 0.313. The van der Waals surface area contributed by atoms with E-state index in [1.54, 1.807) is 19.1 Å². The van der Waals surface area contributed by atoms with Crippen LogP contribution in [-0.2, 0) is 0 Å². The quantitative estimate of drug-likeness (QED) is 0.641. The number of fused-ring (bicyclic) bond motifs is 2. The summed E-state index contributed by atoms with van der Waals surface area (Å²) in [5.41, 5.74) is 1.79. The third-order valence-corrected chi connectivity index (χ3v) is 5.66. The van der Waals surface area contributed by atoms with E-state index < -0.39 is 11.9 Å². The van der Waals surface area contributed by atoms with Crippen molar-refractivity contribution in [3.63, 3.8) is 0 Å². The van der Waals surface area contributed by atoms with Crippen molar-refractivity contribution in [2.24, 2.45) is 0 Å². The molecule has 0 spiro atoms. The first-order valence-electron chi connectivity index (χ1n) is 9.87. The van der Waals surface area contributed by atoms with E-state index in [9.17, 15) is 14.7 Å². The fraction of sp³-hybridized carbons (Fsp3) is 0.304. The van der Waals surface area contributed by atoms with Crippen molar-refractivity contribution in [2.45, 2.75) is 26.3 Å². The van der Waals surface area contributed by atoms with Gasteiger partial charge in [-0.25, -0.2) is 0 Å². The van der Waals surface area contributed by atoms with Gasteiger partial charge in [-0.1, -0.05) is 30.7 Å². The third kappa shape index (κ3) is 3.36. The van der Waals surface area contributed by atoms with Gasteiger partial charge >= 0.3 is 0 Å². The van der Waals surface area contributed by atoms with Crippen LogP contribution in [-0.4, -0.2) is 35.7 Å². The van der Waals surface area contributed by atoms with Gasteiger partial charge in [-0.15, -0.1) is 0 Å². The number of aliphatic hydroxyl groups is 1. The number of β-amino-alcohol motifs (C(OH)–C–C–N with tert-alkyl or cyclic N) is 1. The first-order valence-corrected chi connectivity index (χ1v) is 10.3. The predicted molar refractivity (Wildman–Crippen MR) is 114 cm³/mol. The van der Waals surface area contributed by atoms with Crippen LogP contribution >= 0.6 is 11.6 Å². The summed E-state index contributed by atoms with van der Waals surface area (Å²) in [6.45, 7) is 4.29. The summed E-state index contributed by atoms with van der Waals surface area (Å²) in [4.78, 5) is 27.9. The second-order valence-corrected chi connectivity index (χ2v) is 7.72. The Balaban J connectivity index is 1.88. The Bertz CT molecular complexity index is 1170. The number of amides is 1. The molecule has 1 unspecified atom stereocenters. The minimum Gasteiger partial charge on any atom is -0.494 e. The molecule has 1 N–H and O–H groups in total. The zero-order valence-corrected chi connectivity index (χ0v) is 17.5. The van der Waals surface area contributed by atoms with E-state index in [0.717, 1.165) is 17.5 Å². The molecule has 1 aliphatic heterocycles. The lowest BCUT2D eigenvalue weighted by atomic mass is 9.98. The molecule has 1 aliphatic rings. The number of aliphatic hydroxyl groups excluding tert-OH is 1. The van der Waals surface area contributed by atoms with Crippen LogP contribution in [0.5, 0.6) is 5.75 Å². The number of halogens is 1. The maximum Gasteiger partial charge on any atom is 0.290 e. The molecule has 7 heteroatoms. The molecule has 2 heterocycles. The van der Waals surface area contributed by atoms with Crippen molar-refractivity contribution in [3.8, 4) is 5.75 Å². The maximum atomic E-state index is 13.4. The number of carbonyl (C=O) groups excluding carboxylic acids is 1. The molecular formula is C23H22ClNO5. The van der Waals surface area contributed by atoms with Crippen molar-refractivity contribution in [2.75, 3.05) is 19.8 Å². The molecule has 4 rings (SSSR count). The van der Waals surface area contributed by atoms with E-state index in [1.807, 2.05) is 31.2 Å². The Morgan fingerprint density at radius 2 is 1.93 bits per heavy atom. The van der Waals surface area contributed by atoms with Crippen LogP contribution in [0.3, 0.4) is 0 Å². The van der Waals surface area contributed by atoms with Crippen LogP contribution in [0.2, 0.25) is 5.02 Å². The van der Waals surface area contributed by atoms with Gasteiger partial charge in [0.25, 0.3) is 5.91 Å². The number of nitrogens with zero attached hydrogens (tertiary/aromatic N) is 1. The van der Waals surface area contributed by atoms with E-state index in [-0.39, 0.29) is 29.9 Å². The fourth-order valence-corrected chi connectivity index (χ4v) is 3.96. The summed E-state index contributed by atoms with van der Waals surface area (Å²) < 4.78 is 11.5. The molecule has 2 aromatic carbocycles. The zero-order chi connectivity index (χ0) is 21.4. The highest BCUT2D eigenvalue weighted by molar-refractivity contribution is 6.32. The third-order valence-electron chi connectivity index (χ3n) is 5.26. The molecular weight excluding hydrogens is 406 g/mol. The van der Waals surface area contributed by atoms with E-state index in [2.05, 4.69) is 0 Å². The van der Waals surface area contributed by atoms with Crippen molar-refractivity contribution in [1.82, 2.24) is 4.90 Å². The van der Waals surface area contributed by atoms with Gasteiger partial charge in [-0.3, -0.25) is 9.59 Å². The second-order valence-electron chi connectivity index (χ2n) is 7.31. The van der Waals surface area contributed by atoms with Crippen LogP contribution in [0.15, 0.2) is 45.6 Å². The Morgan fingerprint density at radius 1 is 1.20 bits per heavy atom. The molecule has 3 aromatic rings. The molecule has 1 atom stereocenters. The number of aryl methyl sites for hydroxylation is 1. The van der Waals surface area contributed by atoms with Gasteiger partial charge in [-0.2, -0.15) is 0 Å². The normalized spacial score (nSPS) is 15.7. The average Bonchev–Trinajstić information content (AvgIpc) is 3.01.